The molecule has 0 aliphatic carbocycles. The number of rotatable bonds is 8. The SMILES string of the molecule is O=C(/C=C/c1cc(Br)ccc1OC(F)F)N(Cc1ccco1)Cc1ccco1. The normalized spacial score (nSPS) is 11.3. The highest BCUT2D eigenvalue weighted by molar-refractivity contribution is 9.10. The number of carbonyl (C=O) groups excluding carboxylic acids is 1. The Kier molecular flexibility index (Phi) is 6.65. The van der Waals surface area contributed by atoms with Gasteiger partial charge in [0.15, 0.2) is 0 Å². The molecule has 8 heteroatoms. The van der Waals surface area contributed by atoms with Gasteiger partial charge in [0.05, 0.1) is 25.6 Å². The molecule has 1 amide bonds. The average molecular weight is 452 g/mol. The highest BCUT2D eigenvalue weighted by Gasteiger charge is 2.16. The summed E-state index contributed by atoms with van der Waals surface area (Å²) in [5, 5.41) is 0. The zero-order chi connectivity index (χ0) is 19.9. The molecule has 3 rings (SSSR count). The van der Waals surface area contributed by atoms with Gasteiger partial charge in [-0.15, -0.1) is 0 Å². The molecule has 28 heavy (non-hydrogen) atoms. The molecule has 0 bridgehead atoms. The van der Waals surface area contributed by atoms with Crippen LogP contribution in [0.4, 0.5) is 8.78 Å². The minimum absolute atomic E-state index is 0.0223. The molecule has 0 spiro atoms. The van der Waals surface area contributed by atoms with Gasteiger partial charge in [-0.25, -0.2) is 0 Å². The summed E-state index contributed by atoms with van der Waals surface area (Å²) in [7, 11) is 0. The minimum atomic E-state index is -2.96. The second kappa shape index (κ2) is 9.36. The van der Waals surface area contributed by atoms with Crippen molar-refractivity contribution in [3.8, 4) is 5.75 Å². The van der Waals surface area contributed by atoms with E-state index in [1.807, 2.05) is 0 Å². The van der Waals surface area contributed by atoms with Gasteiger partial charge >= 0.3 is 6.61 Å². The molecule has 146 valence electrons. The Bertz CT molecular complexity index is 888. The second-order valence-corrected chi connectivity index (χ2v) is 6.66. The van der Waals surface area contributed by atoms with E-state index in [-0.39, 0.29) is 24.7 Å². The lowest BCUT2D eigenvalue weighted by Gasteiger charge is -2.19. The van der Waals surface area contributed by atoms with Crippen molar-refractivity contribution in [2.24, 2.45) is 0 Å². The quantitative estimate of drug-likeness (QED) is 0.425. The molecule has 0 aliphatic rings. The van der Waals surface area contributed by atoms with E-state index in [1.165, 1.54) is 35.6 Å². The summed E-state index contributed by atoms with van der Waals surface area (Å²) in [4.78, 5) is 14.3. The van der Waals surface area contributed by atoms with Crippen molar-refractivity contribution in [2.45, 2.75) is 19.7 Å². The lowest BCUT2D eigenvalue weighted by molar-refractivity contribution is -0.127. The molecule has 0 atom stereocenters. The Balaban J connectivity index is 1.80. The minimum Gasteiger partial charge on any atom is -0.467 e. The summed E-state index contributed by atoms with van der Waals surface area (Å²) < 4.78 is 41.0. The maximum atomic E-state index is 12.7. The second-order valence-electron chi connectivity index (χ2n) is 5.75. The number of carbonyl (C=O) groups is 1. The van der Waals surface area contributed by atoms with Crippen LogP contribution in [0.25, 0.3) is 6.08 Å². The van der Waals surface area contributed by atoms with Crippen LogP contribution in [0.1, 0.15) is 17.1 Å². The molecule has 0 fully saturated rings. The summed E-state index contributed by atoms with van der Waals surface area (Å²) in [5.41, 5.74) is 0.346. The van der Waals surface area contributed by atoms with Crippen molar-refractivity contribution in [1.29, 1.82) is 0 Å². The van der Waals surface area contributed by atoms with E-state index in [0.717, 1.165) is 0 Å². The third kappa shape index (κ3) is 5.56. The molecule has 0 saturated carbocycles. The van der Waals surface area contributed by atoms with Gasteiger partial charge in [0.25, 0.3) is 0 Å². The van der Waals surface area contributed by atoms with Crippen LogP contribution in [0.15, 0.2) is 74.4 Å². The van der Waals surface area contributed by atoms with Crippen molar-refractivity contribution in [3.05, 3.63) is 82.6 Å². The Morgan fingerprint density at radius 2 is 1.75 bits per heavy atom. The van der Waals surface area contributed by atoms with E-state index >= 15 is 0 Å². The first-order valence-corrected chi connectivity index (χ1v) is 9.06. The highest BCUT2D eigenvalue weighted by atomic mass is 79.9. The molecular formula is C20H16BrF2NO4. The van der Waals surface area contributed by atoms with Crippen LogP contribution < -0.4 is 4.74 Å². The zero-order valence-corrected chi connectivity index (χ0v) is 16.1. The maximum absolute atomic E-state index is 12.7. The van der Waals surface area contributed by atoms with Crippen molar-refractivity contribution in [1.82, 2.24) is 4.90 Å². The number of hydrogen-bond donors (Lipinski definition) is 0. The fraction of sp³-hybridized carbons (Fsp3) is 0.150. The molecular weight excluding hydrogens is 436 g/mol. The van der Waals surface area contributed by atoms with Gasteiger partial charge in [-0.05, 0) is 48.5 Å². The van der Waals surface area contributed by atoms with Crippen molar-refractivity contribution >= 4 is 27.9 Å². The van der Waals surface area contributed by atoms with Gasteiger partial charge in [-0.3, -0.25) is 4.79 Å². The zero-order valence-electron chi connectivity index (χ0n) is 14.6. The molecule has 5 nitrogen and oxygen atoms in total. The first-order chi connectivity index (χ1) is 13.5. The Morgan fingerprint density at radius 1 is 1.11 bits per heavy atom. The number of ether oxygens (including phenoxy) is 1. The highest BCUT2D eigenvalue weighted by Crippen LogP contribution is 2.26. The van der Waals surface area contributed by atoms with Gasteiger partial charge < -0.3 is 18.5 Å². The maximum Gasteiger partial charge on any atom is 0.387 e. The lowest BCUT2D eigenvalue weighted by Crippen LogP contribution is -2.28. The van der Waals surface area contributed by atoms with Gasteiger partial charge in [-0.2, -0.15) is 8.78 Å². The molecule has 0 aliphatic heterocycles. The van der Waals surface area contributed by atoms with Crippen LogP contribution in [-0.2, 0) is 17.9 Å². The van der Waals surface area contributed by atoms with Gasteiger partial charge in [-0.1, -0.05) is 15.9 Å². The van der Waals surface area contributed by atoms with Gasteiger partial charge in [0.1, 0.15) is 17.3 Å². The topological polar surface area (TPSA) is 55.8 Å². The largest absolute Gasteiger partial charge is 0.467 e. The summed E-state index contributed by atoms with van der Waals surface area (Å²) in [6.07, 6.45) is 5.78. The number of benzene rings is 1. The predicted molar refractivity (Wildman–Crippen MR) is 101 cm³/mol. The Morgan fingerprint density at radius 3 is 2.29 bits per heavy atom. The van der Waals surface area contributed by atoms with E-state index in [2.05, 4.69) is 20.7 Å². The van der Waals surface area contributed by atoms with E-state index in [4.69, 9.17) is 8.83 Å². The van der Waals surface area contributed by atoms with Crippen LogP contribution >= 0.6 is 15.9 Å². The van der Waals surface area contributed by atoms with Gasteiger partial charge in [0.2, 0.25) is 5.91 Å². The molecule has 1 aromatic carbocycles. The number of alkyl halides is 2. The van der Waals surface area contributed by atoms with Crippen LogP contribution in [0.3, 0.4) is 0 Å². The van der Waals surface area contributed by atoms with Crippen molar-refractivity contribution in [2.75, 3.05) is 0 Å². The Hall–Kier alpha value is -2.87. The molecule has 3 aromatic rings. The van der Waals surface area contributed by atoms with E-state index < -0.39 is 6.61 Å². The van der Waals surface area contributed by atoms with Crippen molar-refractivity contribution in [3.63, 3.8) is 0 Å². The lowest BCUT2D eigenvalue weighted by atomic mass is 10.2. The van der Waals surface area contributed by atoms with Crippen LogP contribution in [0.5, 0.6) is 5.75 Å². The molecule has 0 saturated heterocycles. The fourth-order valence-corrected chi connectivity index (χ4v) is 2.89. The van der Waals surface area contributed by atoms with Crippen molar-refractivity contribution < 1.29 is 27.1 Å². The van der Waals surface area contributed by atoms with Gasteiger partial charge in [0, 0.05) is 16.1 Å². The molecule has 0 radical (unpaired) electrons. The van der Waals surface area contributed by atoms with Crippen LogP contribution in [0.2, 0.25) is 0 Å². The first kappa shape index (κ1) is 19.9. The predicted octanol–water partition coefficient (Wildman–Crippen LogP) is 5.48. The summed E-state index contributed by atoms with van der Waals surface area (Å²) in [6, 6.07) is 11.6. The first-order valence-electron chi connectivity index (χ1n) is 8.27. The summed E-state index contributed by atoms with van der Waals surface area (Å²) >= 11 is 3.28. The standard InChI is InChI=1S/C20H16BrF2NO4/c21-15-6-7-18(28-20(22)23)14(11-15)5-8-19(25)24(12-16-3-1-9-26-16)13-17-4-2-10-27-17/h1-11,20H,12-13H2/b8-5+. The summed E-state index contributed by atoms with van der Waals surface area (Å²) in [5.74, 6) is 0.858. The van der Waals surface area contributed by atoms with E-state index in [9.17, 15) is 13.6 Å². The third-order valence-corrected chi connectivity index (χ3v) is 4.25. The summed E-state index contributed by atoms with van der Waals surface area (Å²) in [6.45, 7) is -2.50. The van der Waals surface area contributed by atoms with E-state index in [0.29, 0.717) is 21.6 Å². The molecule has 2 aromatic heterocycles. The number of hydrogen-bond acceptors (Lipinski definition) is 4. The fourth-order valence-electron chi connectivity index (χ4n) is 2.51. The molecule has 0 unspecified atom stereocenters. The Labute approximate surface area is 168 Å². The average Bonchev–Trinajstić information content (AvgIpc) is 3.35. The smallest absolute Gasteiger partial charge is 0.387 e. The number of amides is 1. The number of halogens is 3. The molecule has 2 heterocycles. The van der Waals surface area contributed by atoms with Crippen LogP contribution in [-0.4, -0.2) is 17.4 Å². The van der Waals surface area contributed by atoms with E-state index in [1.54, 1.807) is 36.4 Å². The molecule has 0 N–H and O–H groups in total. The monoisotopic (exact) mass is 451 g/mol. The third-order valence-electron chi connectivity index (χ3n) is 3.76. The number of furan rings is 2. The van der Waals surface area contributed by atoms with Crippen LogP contribution in [0, 0.1) is 0 Å². The number of nitrogens with zero attached hydrogens (tertiary/aromatic N) is 1.